The predicted molar refractivity (Wildman–Crippen MR) is 85.5 cm³/mol. The zero-order chi connectivity index (χ0) is 15.5. The highest BCUT2D eigenvalue weighted by atomic mass is 16.4. The zero-order valence-corrected chi connectivity index (χ0v) is 14.0. The SMILES string of the molecule is CCC(C)N1CCN(CC2(C(=O)O)CCC(C)CC2)CC1. The Balaban J connectivity index is 1.90. The van der Waals surface area contributed by atoms with Crippen LogP contribution in [0.4, 0.5) is 0 Å². The van der Waals surface area contributed by atoms with Crippen LogP contribution >= 0.6 is 0 Å². The normalized spacial score (nSPS) is 33.8. The summed E-state index contributed by atoms with van der Waals surface area (Å²) in [5.74, 6) is 0.124. The van der Waals surface area contributed by atoms with E-state index >= 15 is 0 Å². The molecule has 0 amide bonds. The van der Waals surface area contributed by atoms with Gasteiger partial charge in [0.25, 0.3) is 0 Å². The van der Waals surface area contributed by atoms with Gasteiger partial charge >= 0.3 is 5.97 Å². The smallest absolute Gasteiger partial charge is 0.310 e. The lowest BCUT2D eigenvalue weighted by atomic mass is 9.70. The molecule has 0 aromatic carbocycles. The van der Waals surface area contributed by atoms with Gasteiger partial charge in [-0.25, -0.2) is 0 Å². The lowest BCUT2D eigenvalue weighted by Gasteiger charge is -2.43. The van der Waals surface area contributed by atoms with E-state index in [4.69, 9.17) is 0 Å². The van der Waals surface area contributed by atoms with E-state index in [0.29, 0.717) is 12.0 Å². The summed E-state index contributed by atoms with van der Waals surface area (Å²) >= 11 is 0. The molecular weight excluding hydrogens is 264 g/mol. The molecule has 1 N–H and O–H groups in total. The molecule has 2 rings (SSSR count). The second kappa shape index (κ2) is 7.10. The lowest BCUT2D eigenvalue weighted by molar-refractivity contribution is -0.153. The van der Waals surface area contributed by atoms with E-state index in [2.05, 4.69) is 30.6 Å². The second-order valence-electron chi connectivity index (χ2n) is 7.34. The first-order chi connectivity index (χ1) is 9.97. The first-order valence-corrected chi connectivity index (χ1v) is 8.66. The number of piperazine rings is 1. The summed E-state index contributed by atoms with van der Waals surface area (Å²) in [6.45, 7) is 11.7. The van der Waals surface area contributed by atoms with E-state index < -0.39 is 11.4 Å². The van der Waals surface area contributed by atoms with Gasteiger partial charge in [0.2, 0.25) is 0 Å². The maximum absolute atomic E-state index is 11.8. The molecule has 1 unspecified atom stereocenters. The molecule has 0 aromatic heterocycles. The number of hydrogen-bond acceptors (Lipinski definition) is 3. The number of hydrogen-bond donors (Lipinski definition) is 1. The predicted octanol–water partition coefficient (Wildman–Crippen LogP) is 2.68. The van der Waals surface area contributed by atoms with Crippen LogP contribution in [0.1, 0.15) is 52.9 Å². The first-order valence-electron chi connectivity index (χ1n) is 8.66. The first kappa shape index (κ1) is 16.8. The van der Waals surface area contributed by atoms with Crippen LogP contribution in [0.3, 0.4) is 0 Å². The van der Waals surface area contributed by atoms with Crippen molar-refractivity contribution in [1.82, 2.24) is 9.80 Å². The van der Waals surface area contributed by atoms with Crippen molar-refractivity contribution in [3.63, 3.8) is 0 Å². The Kier molecular flexibility index (Phi) is 5.67. The van der Waals surface area contributed by atoms with Crippen LogP contribution in [0.5, 0.6) is 0 Å². The molecule has 1 aliphatic heterocycles. The van der Waals surface area contributed by atoms with E-state index in [1.807, 2.05) is 0 Å². The summed E-state index contributed by atoms with van der Waals surface area (Å²) in [6.07, 6.45) is 5.04. The van der Waals surface area contributed by atoms with Gasteiger partial charge in [0.1, 0.15) is 0 Å². The monoisotopic (exact) mass is 296 g/mol. The molecule has 4 nitrogen and oxygen atoms in total. The highest BCUT2D eigenvalue weighted by molar-refractivity contribution is 5.75. The molecule has 21 heavy (non-hydrogen) atoms. The fourth-order valence-electron chi connectivity index (χ4n) is 3.80. The number of carboxylic acids is 1. The molecule has 0 aromatic rings. The van der Waals surface area contributed by atoms with Crippen molar-refractivity contribution in [2.24, 2.45) is 11.3 Å². The molecule has 0 bridgehead atoms. The summed E-state index contributed by atoms with van der Waals surface area (Å²) in [5, 5.41) is 9.75. The topological polar surface area (TPSA) is 43.8 Å². The van der Waals surface area contributed by atoms with Gasteiger partial charge in [-0.1, -0.05) is 13.8 Å². The van der Waals surface area contributed by atoms with E-state index in [1.54, 1.807) is 0 Å². The Hall–Kier alpha value is -0.610. The maximum Gasteiger partial charge on any atom is 0.310 e. The van der Waals surface area contributed by atoms with E-state index in [1.165, 1.54) is 6.42 Å². The average molecular weight is 296 g/mol. The zero-order valence-electron chi connectivity index (χ0n) is 14.0. The summed E-state index contributed by atoms with van der Waals surface area (Å²) in [7, 11) is 0. The molecule has 1 aliphatic carbocycles. The van der Waals surface area contributed by atoms with Crippen molar-refractivity contribution in [2.45, 2.75) is 58.9 Å². The Bertz CT molecular complexity index is 343. The van der Waals surface area contributed by atoms with Gasteiger partial charge in [0.05, 0.1) is 5.41 Å². The Morgan fingerprint density at radius 3 is 2.29 bits per heavy atom. The minimum absolute atomic E-state index is 0.481. The van der Waals surface area contributed by atoms with Gasteiger partial charge in [0.15, 0.2) is 0 Å². The molecule has 122 valence electrons. The number of nitrogens with zero attached hydrogens (tertiary/aromatic N) is 2. The van der Waals surface area contributed by atoms with Crippen molar-refractivity contribution in [1.29, 1.82) is 0 Å². The third-order valence-corrected chi connectivity index (χ3v) is 5.83. The minimum atomic E-state index is -0.571. The number of aliphatic carboxylic acids is 1. The fraction of sp³-hybridized carbons (Fsp3) is 0.941. The third kappa shape index (κ3) is 3.98. The van der Waals surface area contributed by atoms with E-state index in [0.717, 1.165) is 58.4 Å². The van der Waals surface area contributed by atoms with Gasteiger partial charge in [-0.2, -0.15) is 0 Å². The third-order valence-electron chi connectivity index (χ3n) is 5.83. The van der Waals surface area contributed by atoms with Gasteiger partial charge in [-0.15, -0.1) is 0 Å². The van der Waals surface area contributed by atoms with E-state index in [9.17, 15) is 9.90 Å². The van der Waals surface area contributed by atoms with Gasteiger partial charge < -0.3 is 5.11 Å². The van der Waals surface area contributed by atoms with Crippen LogP contribution < -0.4 is 0 Å². The van der Waals surface area contributed by atoms with Crippen molar-refractivity contribution in [2.75, 3.05) is 32.7 Å². The molecule has 2 fully saturated rings. The Morgan fingerprint density at radius 2 is 1.81 bits per heavy atom. The van der Waals surface area contributed by atoms with Gasteiger partial charge in [0, 0.05) is 38.8 Å². The maximum atomic E-state index is 11.8. The Labute approximate surface area is 129 Å². The summed E-state index contributed by atoms with van der Waals surface area (Å²) in [4.78, 5) is 16.8. The van der Waals surface area contributed by atoms with Crippen LogP contribution in [-0.2, 0) is 4.79 Å². The fourth-order valence-corrected chi connectivity index (χ4v) is 3.80. The molecule has 1 saturated heterocycles. The Morgan fingerprint density at radius 1 is 1.24 bits per heavy atom. The van der Waals surface area contributed by atoms with E-state index in [-0.39, 0.29) is 0 Å². The largest absolute Gasteiger partial charge is 0.481 e. The van der Waals surface area contributed by atoms with Crippen LogP contribution in [-0.4, -0.2) is 59.6 Å². The highest BCUT2D eigenvalue weighted by Gasteiger charge is 2.42. The average Bonchev–Trinajstić information content (AvgIpc) is 2.49. The van der Waals surface area contributed by atoms with Crippen LogP contribution in [0.2, 0.25) is 0 Å². The lowest BCUT2D eigenvalue weighted by Crippen LogP contribution is -2.53. The minimum Gasteiger partial charge on any atom is -0.481 e. The summed E-state index contributed by atoms with van der Waals surface area (Å²) in [5.41, 5.74) is -0.481. The molecule has 0 radical (unpaired) electrons. The molecule has 4 heteroatoms. The molecular formula is C17H32N2O2. The van der Waals surface area contributed by atoms with Gasteiger partial charge in [-0.05, 0) is 44.9 Å². The quantitative estimate of drug-likeness (QED) is 0.847. The highest BCUT2D eigenvalue weighted by Crippen LogP contribution is 2.40. The van der Waals surface area contributed by atoms with Crippen molar-refractivity contribution < 1.29 is 9.90 Å². The van der Waals surface area contributed by atoms with Crippen molar-refractivity contribution in [3.05, 3.63) is 0 Å². The van der Waals surface area contributed by atoms with Crippen LogP contribution in [0.15, 0.2) is 0 Å². The molecule has 0 spiro atoms. The standard InChI is InChI=1S/C17H32N2O2/c1-4-15(3)19-11-9-18(10-12-19)13-17(16(20)21)7-5-14(2)6-8-17/h14-15H,4-13H2,1-3H3,(H,20,21). The van der Waals surface area contributed by atoms with Crippen LogP contribution in [0.25, 0.3) is 0 Å². The molecule has 2 aliphatic rings. The van der Waals surface area contributed by atoms with Crippen molar-refractivity contribution in [3.8, 4) is 0 Å². The number of rotatable bonds is 5. The molecule has 1 heterocycles. The van der Waals surface area contributed by atoms with Crippen LogP contribution in [0, 0.1) is 11.3 Å². The van der Waals surface area contributed by atoms with Crippen molar-refractivity contribution >= 4 is 5.97 Å². The molecule has 1 saturated carbocycles. The number of carboxylic acid groups (broad SMARTS) is 1. The van der Waals surface area contributed by atoms with Gasteiger partial charge in [-0.3, -0.25) is 14.6 Å². The summed E-state index contributed by atoms with van der Waals surface area (Å²) < 4.78 is 0. The molecule has 1 atom stereocenters. The number of carbonyl (C=O) groups is 1. The second-order valence-corrected chi connectivity index (χ2v) is 7.34. The summed E-state index contributed by atoms with van der Waals surface area (Å²) in [6, 6.07) is 0.649.